The third-order valence-corrected chi connectivity index (χ3v) is 3.20. The molecular weight excluding hydrogens is 234 g/mol. The zero-order valence-electron chi connectivity index (χ0n) is 9.86. The van der Waals surface area contributed by atoms with Gasteiger partial charge in [0, 0.05) is 35.9 Å². The Morgan fingerprint density at radius 1 is 1.53 bits per heavy atom. The topological polar surface area (TPSA) is 39.1 Å². The van der Waals surface area contributed by atoms with E-state index >= 15 is 0 Å². The molecule has 1 aromatic rings. The maximum atomic E-state index is 8.78. The summed E-state index contributed by atoms with van der Waals surface area (Å²) in [5.41, 5.74) is 1.13. The number of halogens is 1. The molecule has 0 saturated carbocycles. The predicted molar refractivity (Wildman–Crippen MR) is 70.3 cm³/mol. The Bertz CT molecular complexity index is 427. The number of nitrogens with zero attached hydrogens (tertiary/aromatic N) is 2. The summed E-state index contributed by atoms with van der Waals surface area (Å²) in [7, 11) is 0. The molecule has 90 valence electrons. The minimum Gasteiger partial charge on any atom is -0.368 e. The molecule has 0 amide bonds. The van der Waals surface area contributed by atoms with Crippen LogP contribution in [-0.2, 0) is 0 Å². The van der Waals surface area contributed by atoms with Crippen molar-refractivity contribution in [3.05, 3.63) is 29.3 Å². The van der Waals surface area contributed by atoms with Gasteiger partial charge in [0.2, 0.25) is 0 Å². The molecule has 4 heteroatoms. The Morgan fingerprint density at radius 3 is 3.06 bits per heavy atom. The first-order valence-corrected chi connectivity index (χ1v) is 6.20. The van der Waals surface area contributed by atoms with Crippen molar-refractivity contribution in [2.24, 2.45) is 0 Å². The second kappa shape index (κ2) is 5.39. The smallest absolute Gasteiger partial charge is 0.0638 e. The molecule has 2 unspecified atom stereocenters. The largest absolute Gasteiger partial charge is 0.368 e. The van der Waals surface area contributed by atoms with Gasteiger partial charge >= 0.3 is 0 Å². The van der Waals surface area contributed by atoms with Crippen LogP contribution in [0.1, 0.15) is 13.3 Å². The molecule has 0 radical (unpaired) electrons. The van der Waals surface area contributed by atoms with Crippen LogP contribution in [0, 0.1) is 11.3 Å². The quantitative estimate of drug-likeness (QED) is 0.875. The zero-order chi connectivity index (χ0) is 12.3. The second-order valence-electron chi connectivity index (χ2n) is 4.51. The maximum absolute atomic E-state index is 8.78. The highest BCUT2D eigenvalue weighted by Gasteiger charge is 2.23. The van der Waals surface area contributed by atoms with Gasteiger partial charge in [-0.25, -0.2) is 0 Å². The van der Waals surface area contributed by atoms with E-state index in [4.69, 9.17) is 16.9 Å². The van der Waals surface area contributed by atoms with Crippen molar-refractivity contribution in [3.8, 4) is 6.07 Å². The van der Waals surface area contributed by atoms with Gasteiger partial charge in [-0.1, -0.05) is 17.7 Å². The monoisotopic (exact) mass is 249 g/mol. The van der Waals surface area contributed by atoms with Crippen molar-refractivity contribution in [2.75, 3.05) is 18.0 Å². The van der Waals surface area contributed by atoms with Crippen LogP contribution in [-0.4, -0.2) is 25.2 Å². The third kappa shape index (κ3) is 3.12. The average molecular weight is 250 g/mol. The fourth-order valence-corrected chi connectivity index (χ4v) is 2.48. The minimum atomic E-state index is 0.239. The van der Waals surface area contributed by atoms with E-state index in [1.54, 1.807) is 0 Å². The van der Waals surface area contributed by atoms with Crippen LogP contribution < -0.4 is 10.2 Å². The summed E-state index contributed by atoms with van der Waals surface area (Å²) in [6.07, 6.45) is 0.543. The molecule has 1 aliphatic heterocycles. The summed E-state index contributed by atoms with van der Waals surface area (Å²) in [6, 6.07) is 10.7. The highest BCUT2D eigenvalue weighted by molar-refractivity contribution is 6.30. The number of rotatable bonds is 2. The number of hydrogen-bond donors (Lipinski definition) is 1. The summed E-state index contributed by atoms with van der Waals surface area (Å²) < 4.78 is 0. The first-order chi connectivity index (χ1) is 8.19. The molecule has 2 rings (SSSR count). The Labute approximate surface area is 107 Å². The maximum Gasteiger partial charge on any atom is 0.0638 e. The lowest BCUT2D eigenvalue weighted by Gasteiger charge is -2.38. The van der Waals surface area contributed by atoms with Crippen molar-refractivity contribution in [1.29, 1.82) is 5.26 Å². The molecule has 1 N–H and O–H groups in total. The number of nitriles is 1. The number of hydrogen-bond acceptors (Lipinski definition) is 3. The molecule has 0 bridgehead atoms. The van der Waals surface area contributed by atoms with Gasteiger partial charge in [0.1, 0.15) is 0 Å². The molecule has 0 aliphatic carbocycles. The van der Waals surface area contributed by atoms with Crippen LogP contribution in [0.5, 0.6) is 0 Å². The first kappa shape index (κ1) is 12.2. The van der Waals surface area contributed by atoms with Crippen molar-refractivity contribution < 1.29 is 0 Å². The van der Waals surface area contributed by atoms with E-state index in [9.17, 15) is 0 Å². The molecule has 1 aromatic carbocycles. The standard InChI is InChI=1S/C13H16ClN3/c1-10-8-17(9-12(16-10)5-6-15)13-4-2-3-11(14)7-13/h2-4,7,10,12,16H,5,8-9H2,1H3. The van der Waals surface area contributed by atoms with E-state index in [2.05, 4.69) is 29.3 Å². The zero-order valence-corrected chi connectivity index (χ0v) is 10.6. The molecule has 1 aliphatic rings. The van der Waals surface area contributed by atoms with E-state index in [0.29, 0.717) is 12.5 Å². The van der Waals surface area contributed by atoms with Gasteiger partial charge in [0.15, 0.2) is 0 Å². The summed E-state index contributed by atoms with van der Waals surface area (Å²) in [5.74, 6) is 0. The van der Waals surface area contributed by atoms with Crippen LogP contribution in [0.4, 0.5) is 5.69 Å². The Morgan fingerprint density at radius 2 is 2.35 bits per heavy atom. The lowest BCUT2D eigenvalue weighted by molar-refractivity contribution is 0.391. The van der Waals surface area contributed by atoms with Gasteiger partial charge < -0.3 is 10.2 Å². The Hall–Kier alpha value is -1.24. The number of anilines is 1. The normalized spacial score (nSPS) is 24.4. The summed E-state index contributed by atoms with van der Waals surface area (Å²) in [4.78, 5) is 2.29. The molecule has 2 atom stereocenters. The minimum absolute atomic E-state index is 0.239. The molecular formula is C13H16ClN3. The van der Waals surface area contributed by atoms with Crippen molar-refractivity contribution >= 4 is 17.3 Å². The Balaban J connectivity index is 2.13. The van der Waals surface area contributed by atoms with Crippen LogP contribution in [0.2, 0.25) is 5.02 Å². The lowest BCUT2D eigenvalue weighted by atomic mass is 10.1. The van der Waals surface area contributed by atoms with Crippen molar-refractivity contribution in [1.82, 2.24) is 5.32 Å². The highest BCUT2D eigenvalue weighted by Crippen LogP contribution is 2.22. The lowest BCUT2D eigenvalue weighted by Crippen LogP contribution is -2.55. The second-order valence-corrected chi connectivity index (χ2v) is 4.95. The SMILES string of the molecule is CC1CN(c2cccc(Cl)c2)CC(CC#N)N1. The molecule has 0 aromatic heterocycles. The van der Waals surface area contributed by atoms with E-state index in [0.717, 1.165) is 23.8 Å². The van der Waals surface area contributed by atoms with Gasteiger partial charge in [-0.15, -0.1) is 0 Å². The fourth-order valence-electron chi connectivity index (χ4n) is 2.30. The summed E-state index contributed by atoms with van der Waals surface area (Å²) in [5, 5.41) is 13.0. The van der Waals surface area contributed by atoms with Gasteiger partial charge in [-0.3, -0.25) is 0 Å². The number of piperazine rings is 1. The van der Waals surface area contributed by atoms with Crippen LogP contribution >= 0.6 is 11.6 Å². The molecule has 0 spiro atoms. The van der Waals surface area contributed by atoms with E-state index in [-0.39, 0.29) is 6.04 Å². The van der Waals surface area contributed by atoms with Crippen LogP contribution in [0.15, 0.2) is 24.3 Å². The van der Waals surface area contributed by atoms with Crippen LogP contribution in [0.3, 0.4) is 0 Å². The van der Waals surface area contributed by atoms with E-state index < -0.39 is 0 Å². The highest BCUT2D eigenvalue weighted by atomic mass is 35.5. The Kier molecular flexibility index (Phi) is 3.88. The van der Waals surface area contributed by atoms with Crippen molar-refractivity contribution in [3.63, 3.8) is 0 Å². The van der Waals surface area contributed by atoms with Gasteiger partial charge in [-0.2, -0.15) is 5.26 Å². The first-order valence-electron chi connectivity index (χ1n) is 5.82. The molecule has 1 heterocycles. The van der Waals surface area contributed by atoms with Crippen molar-refractivity contribution in [2.45, 2.75) is 25.4 Å². The number of benzene rings is 1. The van der Waals surface area contributed by atoms with Gasteiger partial charge in [-0.05, 0) is 25.1 Å². The van der Waals surface area contributed by atoms with E-state index in [1.807, 2.05) is 18.2 Å². The predicted octanol–water partition coefficient (Wildman–Crippen LogP) is 2.42. The van der Waals surface area contributed by atoms with Gasteiger partial charge in [0.05, 0.1) is 12.5 Å². The molecule has 17 heavy (non-hydrogen) atoms. The molecule has 3 nitrogen and oxygen atoms in total. The summed E-state index contributed by atoms with van der Waals surface area (Å²) >= 11 is 6.00. The third-order valence-electron chi connectivity index (χ3n) is 2.97. The van der Waals surface area contributed by atoms with Gasteiger partial charge in [0.25, 0.3) is 0 Å². The fraction of sp³-hybridized carbons (Fsp3) is 0.462. The molecule has 1 saturated heterocycles. The average Bonchev–Trinajstić information content (AvgIpc) is 2.28. The van der Waals surface area contributed by atoms with E-state index in [1.165, 1.54) is 0 Å². The number of nitrogens with one attached hydrogen (secondary N) is 1. The van der Waals surface area contributed by atoms with Crippen LogP contribution in [0.25, 0.3) is 0 Å². The molecule has 1 fully saturated rings. The summed E-state index contributed by atoms with van der Waals surface area (Å²) in [6.45, 7) is 3.95.